The molecule has 86 valence electrons. The summed E-state index contributed by atoms with van der Waals surface area (Å²) in [5, 5.41) is 0. The topological polar surface area (TPSA) is 17.1 Å². The van der Waals surface area contributed by atoms with Crippen LogP contribution in [0, 0.1) is 5.92 Å². The highest BCUT2D eigenvalue weighted by Crippen LogP contribution is 2.09. The number of hydrogen-bond acceptors (Lipinski definition) is 1. The maximum absolute atomic E-state index is 10.7. The molecule has 0 saturated carbocycles. The van der Waals surface area contributed by atoms with E-state index in [1.54, 1.807) is 6.92 Å². The fourth-order valence-corrected chi connectivity index (χ4v) is 1.35. The summed E-state index contributed by atoms with van der Waals surface area (Å²) < 4.78 is 0. The van der Waals surface area contributed by atoms with E-state index in [1.165, 1.54) is 12.0 Å². The molecule has 0 aliphatic rings. The molecule has 0 aliphatic carbocycles. The molecule has 0 aromatic carbocycles. The first-order valence-electron chi connectivity index (χ1n) is 5.82. The maximum Gasteiger partial charge on any atom is 0.130 e. The lowest BCUT2D eigenvalue weighted by molar-refractivity contribution is -0.116. The number of allylic oxidation sites excluding steroid dienone is 4. The van der Waals surface area contributed by atoms with Crippen LogP contribution in [0.1, 0.15) is 53.4 Å². The van der Waals surface area contributed by atoms with Gasteiger partial charge in [-0.3, -0.25) is 0 Å². The third kappa shape index (κ3) is 11.1. The maximum atomic E-state index is 10.7. The van der Waals surface area contributed by atoms with Gasteiger partial charge in [-0.05, 0) is 46.0 Å². The van der Waals surface area contributed by atoms with Crippen LogP contribution in [0.15, 0.2) is 23.8 Å². The second-order valence-electron chi connectivity index (χ2n) is 4.50. The Morgan fingerprint density at radius 3 is 2.40 bits per heavy atom. The van der Waals surface area contributed by atoms with Crippen LogP contribution in [0.2, 0.25) is 0 Å². The van der Waals surface area contributed by atoms with Gasteiger partial charge in [0.15, 0.2) is 0 Å². The Labute approximate surface area is 94.3 Å². The van der Waals surface area contributed by atoms with Gasteiger partial charge in [0.25, 0.3) is 0 Å². The minimum absolute atomic E-state index is 0.275. The van der Waals surface area contributed by atoms with Crippen molar-refractivity contribution in [1.29, 1.82) is 0 Å². The lowest BCUT2D eigenvalue weighted by Crippen LogP contribution is -1.90. The van der Waals surface area contributed by atoms with E-state index in [9.17, 15) is 4.79 Å². The molecule has 0 amide bonds. The molecule has 1 nitrogen and oxygen atoms in total. The van der Waals surface area contributed by atoms with Crippen LogP contribution >= 0.6 is 0 Å². The molecule has 0 aromatic rings. The van der Waals surface area contributed by atoms with Crippen LogP contribution in [-0.4, -0.2) is 5.78 Å². The van der Waals surface area contributed by atoms with Crippen molar-refractivity contribution in [3.63, 3.8) is 0 Å². The van der Waals surface area contributed by atoms with E-state index in [-0.39, 0.29) is 5.78 Å². The molecule has 1 heteroatoms. The second kappa shape index (κ2) is 8.46. The lowest BCUT2D eigenvalue weighted by Gasteiger charge is -2.03. The van der Waals surface area contributed by atoms with E-state index in [4.69, 9.17) is 0 Å². The zero-order valence-corrected chi connectivity index (χ0v) is 10.5. The van der Waals surface area contributed by atoms with Crippen molar-refractivity contribution < 1.29 is 4.79 Å². The SMILES string of the molecule is CC(=O)CC/C=C/C(C)CCC=C(C)C. The first-order valence-corrected chi connectivity index (χ1v) is 5.82. The molecule has 0 aromatic heterocycles. The number of Topliss-reactive ketones (excluding diaryl/α,β-unsaturated/α-hetero) is 1. The van der Waals surface area contributed by atoms with Gasteiger partial charge in [-0.15, -0.1) is 0 Å². The van der Waals surface area contributed by atoms with Crippen LogP contribution in [0.25, 0.3) is 0 Å². The Morgan fingerprint density at radius 1 is 1.20 bits per heavy atom. The quantitative estimate of drug-likeness (QED) is 0.570. The predicted molar refractivity (Wildman–Crippen MR) is 66.9 cm³/mol. The lowest BCUT2D eigenvalue weighted by atomic mass is 10.0. The molecule has 0 rings (SSSR count). The Bertz CT molecular complexity index is 232. The van der Waals surface area contributed by atoms with Crippen LogP contribution < -0.4 is 0 Å². The summed E-state index contributed by atoms with van der Waals surface area (Å²) in [6.07, 6.45) is 10.6. The van der Waals surface area contributed by atoms with Crippen molar-refractivity contribution in [2.24, 2.45) is 5.92 Å². The highest BCUT2D eigenvalue weighted by molar-refractivity contribution is 5.75. The van der Waals surface area contributed by atoms with Gasteiger partial charge in [0.2, 0.25) is 0 Å². The fourth-order valence-electron chi connectivity index (χ4n) is 1.35. The van der Waals surface area contributed by atoms with Gasteiger partial charge < -0.3 is 4.79 Å². The van der Waals surface area contributed by atoms with Gasteiger partial charge in [0.1, 0.15) is 5.78 Å². The molecule has 0 heterocycles. The molecule has 0 aliphatic heterocycles. The third-order valence-electron chi connectivity index (χ3n) is 2.30. The fraction of sp³-hybridized carbons (Fsp3) is 0.643. The summed E-state index contributed by atoms with van der Waals surface area (Å²) in [6.45, 7) is 8.13. The number of hydrogen-bond donors (Lipinski definition) is 0. The number of carbonyl (C=O) groups is 1. The van der Waals surface area contributed by atoms with Crippen molar-refractivity contribution in [3.05, 3.63) is 23.8 Å². The zero-order valence-electron chi connectivity index (χ0n) is 10.5. The van der Waals surface area contributed by atoms with Gasteiger partial charge in [0.05, 0.1) is 0 Å². The van der Waals surface area contributed by atoms with Gasteiger partial charge in [0, 0.05) is 6.42 Å². The van der Waals surface area contributed by atoms with Crippen molar-refractivity contribution >= 4 is 5.78 Å². The molecule has 1 atom stereocenters. The van der Waals surface area contributed by atoms with Gasteiger partial charge in [-0.2, -0.15) is 0 Å². The van der Waals surface area contributed by atoms with E-state index in [0.717, 1.165) is 12.8 Å². The number of carbonyl (C=O) groups excluding carboxylic acids is 1. The second-order valence-corrected chi connectivity index (χ2v) is 4.50. The molecule has 0 N–H and O–H groups in total. The van der Waals surface area contributed by atoms with E-state index in [0.29, 0.717) is 12.3 Å². The van der Waals surface area contributed by atoms with E-state index in [1.807, 2.05) is 0 Å². The van der Waals surface area contributed by atoms with Crippen LogP contribution in [-0.2, 0) is 4.79 Å². The predicted octanol–water partition coefficient (Wildman–Crippen LogP) is 4.29. The molecular formula is C14H24O. The van der Waals surface area contributed by atoms with Gasteiger partial charge in [-0.1, -0.05) is 30.7 Å². The molecule has 0 bridgehead atoms. The third-order valence-corrected chi connectivity index (χ3v) is 2.30. The average Bonchev–Trinajstić information content (AvgIpc) is 2.11. The Hall–Kier alpha value is -0.850. The molecule has 0 saturated heterocycles. The minimum atomic E-state index is 0.275. The van der Waals surface area contributed by atoms with Crippen LogP contribution in [0.4, 0.5) is 0 Å². The zero-order chi connectivity index (χ0) is 11.7. The summed E-state index contributed by atoms with van der Waals surface area (Å²) >= 11 is 0. The van der Waals surface area contributed by atoms with Gasteiger partial charge >= 0.3 is 0 Å². The summed E-state index contributed by atoms with van der Waals surface area (Å²) in [5.74, 6) is 0.893. The molecular weight excluding hydrogens is 184 g/mol. The molecule has 0 fully saturated rings. The summed E-state index contributed by atoms with van der Waals surface area (Å²) in [6, 6.07) is 0. The standard InChI is InChI=1S/C14H24O/c1-12(2)8-7-10-13(3)9-5-6-11-14(4)15/h5,8-9,13H,6-7,10-11H2,1-4H3/b9-5+. The van der Waals surface area contributed by atoms with Crippen LogP contribution in [0.5, 0.6) is 0 Å². The first-order chi connectivity index (χ1) is 7.02. The summed E-state index contributed by atoms with van der Waals surface area (Å²) in [4.78, 5) is 10.7. The van der Waals surface area contributed by atoms with Crippen molar-refractivity contribution in [1.82, 2.24) is 0 Å². The average molecular weight is 208 g/mol. The number of rotatable bonds is 7. The van der Waals surface area contributed by atoms with E-state index < -0.39 is 0 Å². The highest BCUT2D eigenvalue weighted by atomic mass is 16.1. The first kappa shape index (κ1) is 14.2. The molecule has 1 unspecified atom stereocenters. The Balaban J connectivity index is 3.59. The van der Waals surface area contributed by atoms with E-state index in [2.05, 4.69) is 39.0 Å². The number of ketones is 1. The Morgan fingerprint density at radius 2 is 1.87 bits per heavy atom. The monoisotopic (exact) mass is 208 g/mol. The summed E-state index contributed by atoms with van der Waals surface area (Å²) in [5.41, 5.74) is 1.39. The highest BCUT2D eigenvalue weighted by Gasteiger charge is 1.95. The molecule has 0 radical (unpaired) electrons. The normalized spacial score (nSPS) is 12.8. The molecule has 15 heavy (non-hydrogen) atoms. The van der Waals surface area contributed by atoms with E-state index >= 15 is 0 Å². The van der Waals surface area contributed by atoms with Crippen molar-refractivity contribution in [2.45, 2.75) is 53.4 Å². The van der Waals surface area contributed by atoms with Crippen molar-refractivity contribution in [3.8, 4) is 0 Å². The van der Waals surface area contributed by atoms with Crippen LogP contribution in [0.3, 0.4) is 0 Å². The van der Waals surface area contributed by atoms with Crippen molar-refractivity contribution in [2.75, 3.05) is 0 Å². The molecule has 0 spiro atoms. The Kier molecular flexibility index (Phi) is 7.98. The summed E-state index contributed by atoms with van der Waals surface area (Å²) in [7, 11) is 0. The smallest absolute Gasteiger partial charge is 0.130 e. The van der Waals surface area contributed by atoms with Gasteiger partial charge in [-0.25, -0.2) is 0 Å². The minimum Gasteiger partial charge on any atom is -0.300 e. The largest absolute Gasteiger partial charge is 0.300 e.